The molecule has 2 aromatic carbocycles. The Kier molecular flexibility index (Phi) is 4.11. The topological polar surface area (TPSA) is 9.23 Å². The lowest BCUT2D eigenvalue weighted by Crippen LogP contribution is -1.97. The van der Waals surface area contributed by atoms with Crippen molar-refractivity contribution >= 4 is 11.6 Å². The first-order valence-electron chi connectivity index (χ1n) is 6.07. The zero-order chi connectivity index (χ0) is 14.0. The molecular formula is C16H16ClFO. The molecule has 0 heterocycles. The zero-order valence-electron chi connectivity index (χ0n) is 11.2. The second kappa shape index (κ2) is 5.62. The van der Waals surface area contributed by atoms with Gasteiger partial charge in [0.1, 0.15) is 11.6 Å². The number of aryl methyl sites for hydroxylation is 2. The van der Waals surface area contributed by atoms with Crippen LogP contribution in [0.2, 0.25) is 0 Å². The Labute approximate surface area is 118 Å². The van der Waals surface area contributed by atoms with Gasteiger partial charge in [-0.3, -0.25) is 0 Å². The van der Waals surface area contributed by atoms with Crippen molar-refractivity contribution in [2.75, 3.05) is 7.11 Å². The van der Waals surface area contributed by atoms with Crippen molar-refractivity contribution in [1.82, 2.24) is 0 Å². The largest absolute Gasteiger partial charge is 0.496 e. The summed E-state index contributed by atoms with van der Waals surface area (Å²) >= 11 is 6.44. The van der Waals surface area contributed by atoms with E-state index in [1.54, 1.807) is 7.11 Å². The molecule has 2 rings (SSSR count). The van der Waals surface area contributed by atoms with Gasteiger partial charge in [0, 0.05) is 0 Å². The van der Waals surface area contributed by atoms with Crippen LogP contribution in [-0.4, -0.2) is 7.11 Å². The smallest absolute Gasteiger partial charge is 0.123 e. The predicted molar refractivity (Wildman–Crippen MR) is 76.6 cm³/mol. The van der Waals surface area contributed by atoms with Gasteiger partial charge in [-0.2, -0.15) is 0 Å². The van der Waals surface area contributed by atoms with Crippen LogP contribution in [0.1, 0.15) is 27.6 Å². The van der Waals surface area contributed by atoms with Gasteiger partial charge >= 0.3 is 0 Å². The highest BCUT2D eigenvalue weighted by Gasteiger charge is 2.13. The molecule has 0 aliphatic rings. The number of hydrogen-bond acceptors (Lipinski definition) is 1. The van der Waals surface area contributed by atoms with E-state index in [0.717, 1.165) is 28.0 Å². The van der Waals surface area contributed by atoms with E-state index >= 15 is 0 Å². The lowest BCUT2D eigenvalue weighted by molar-refractivity contribution is 0.411. The molecule has 1 unspecified atom stereocenters. The fourth-order valence-electron chi connectivity index (χ4n) is 2.16. The minimum Gasteiger partial charge on any atom is -0.496 e. The predicted octanol–water partition coefficient (Wildman–Crippen LogP) is 4.78. The average Bonchev–Trinajstić information content (AvgIpc) is 2.36. The molecule has 0 aliphatic carbocycles. The monoisotopic (exact) mass is 278 g/mol. The Hall–Kier alpha value is -1.54. The highest BCUT2D eigenvalue weighted by molar-refractivity contribution is 6.22. The van der Waals surface area contributed by atoms with Crippen molar-refractivity contribution in [3.05, 3.63) is 64.5 Å². The molecule has 0 N–H and O–H groups in total. The SMILES string of the molecule is COc1ccc(C(Cl)c2cc(C)cc(F)c2)cc1C. The highest BCUT2D eigenvalue weighted by atomic mass is 35.5. The molecule has 100 valence electrons. The lowest BCUT2D eigenvalue weighted by Gasteiger charge is -2.13. The van der Waals surface area contributed by atoms with E-state index in [1.165, 1.54) is 12.1 Å². The van der Waals surface area contributed by atoms with Crippen molar-refractivity contribution in [1.29, 1.82) is 0 Å². The van der Waals surface area contributed by atoms with Gasteiger partial charge in [-0.1, -0.05) is 18.2 Å². The second-order valence-electron chi connectivity index (χ2n) is 4.65. The van der Waals surface area contributed by atoms with Crippen LogP contribution in [-0.2, 0) is 0 Å². The van der Waals surface area contributed by atoms with Crippen molar-refractivity contribution in [3.63, 3.8) is 0 Å². The molecule has 19 heavy (non-hydrogen) atoms. The van der Waals surface area contributed by atoms with Gasteiger partial charge in [0.05, 0.1) is 12.5 Å². The normalized spacial score (nSPS) is 12.3. The van der Waals surface area contributed by atoms with Crippen LogP contribution < -0.4 is 4.74 Å². The van der Waals surface area contributed by atoms with Crippen LogP contribution in [0.25, 0.3) is 0 Å². The fourth-order valence-corrected chi connectivity index (χ4v) is 2.42. The van der Waals surface area contributed by atoms with Crippen molar-refractivity contribution in [2.45, 2.75) is 19.2 Å². The van der Waals surface area contributed by atoms with Crippen LogP contribution in [0.4, 0.5) is 4.39 Å². The van der Waals surface area contributed by atoms with E-state index in [0.29, 0.717) is 0 Å². The minimum atomic E-state index is -0.362. The van der Waals surface area contributed by atoms with Crippen LogP contribution >= 0.6 is 11.6 Å². The zero-order valence-corrected chi connectivity index (χ0v) is 12.0. The van der Waals surface area contributed by atoms with Gasteiger partial charge in [-0.25, -0.2) is 4.39 Å². The number of methoxy groups -OCH3 is 1. The summed E-state index contributed by atoms with van der Waals surface area (Å²) in [7, 11) is 1.64. The van der Waals surface area contributed by atoms with Gasteiger partial charge < -0.3 is 4.74 Å². The average molecular weight is 279 g/mol. The molecule has 0 radical (unpaired) electrons. The third-order valence-electron chi connectivity index (χ3n) is 3.07. The third-order valence-corrected chi connectivity index (χ3v) is 3.57. The number of ether oxygens (including phenoxy) is 1. The Morgan fingerprint density at radius 2 is 1.79 bits per heavy atom. The Morgan fingerprint density at radius 1 is 1.05 bits per heavy atom. The molecule has 0 spiro atoms. The Bertz CT molecular complexity index is 575. The summed E-state index contributed by atoms with van der Waals surface area (Å²) in [5.41, 5.74) is 3.58. The number of rotatable bonds is 3. The summed E-state index contributed by atoms with van der Waals surface area (Å²) in [5, 5.41) is -0.362. The van der Waals surface area contributed by atoms with Gasteiger partial charge in [0.15, 0.2) is 0 Å². The number of alkyl halides is 1. The van der Waals surface area contributed by atoms with Gasteiger partial charge in [0.25, 0.3) is 0 Å². The van der Waals surface area contributed by atoms with Crippen molar-refractivity contribution < 1.29 is 9.13 Å². The third kappa shape index (κ3) is 3.07. The van der Waals surface area contributed by atoms with E-state index in [9.17, 15) is 4.39 Å². The summed E-state index contributed by atoms with van der Waals surface area (Å²) in [6.07, 6.45) is 0. The summed E-state index contributed by atoms with van der Waals surface area (Å²) < 4.78 is 18.6. The van der Waals surface area contributed by atoms with Gasteiger partial charge in [-0.15, -0.1) is 11.6 Å². The first-order valence-corrected chi connectivity index (χ1v) is 6.50. The molecule has 0 amide bonds. The van der Waals surface area contributed by atoms with Crippen molar-refractivity contribution in [3.8, 4) is 5.75 Å². The summed E-state index contributed by atoms with van der Waals surface area (Å²) in [4.78, 5) is 0. The summed E-state index contributed by atoms with van der Waals surface area (Å²) in [6, 6.07) is 10.6. The van der Waals surface area contributed by atoms with Crippen molar-refractivity contribution in [2.24, 2.45) is 0 Å². The molecule has 0 bridgehead atoms. The molecule has 0 fully saturated rings. The van der Waals surface area contributed by atoms with E-state index in [4.69, 9.17) is 16.3 Å². The Balaban J connectivity index is 2.38. The van der Waals surface area contributed by atoms with Crippen LogP contribution in [0, 0.1) is 19.7 Å². The molecule has 2 aromatic rings. The summed E-state index contributed by atoms with van der Waals surface area (Å²) in [5.74, 6) is 0.564. The van der Waals surface area contributed by atoms with Crippen LogP contribution in [0.5, 0.6) is 5.75 Å². The maximum absolute atomic E-state index is 13.4. The maximum Gasteiger partial charge on any atom is 0.123 e. The van der Waals surface area contributed by atoms with Gasteiger partial charge in [0.2, 0.25) is 0 Å². The molecule has 0 saturated carbocycles. The number of hydrogen-bond donors (Lipinski definition) is 0. The quantitative estimate of drug-likeness (QED) is 0.734. The number of halogens is 2. The van der Waals surface area contributed by atoms with Gasteiger partial charge in [-0.05, 0) is 54.3 Å². The Morgan fingerprint density at radius 3 is 2.37 bits per heavy atom. The standard InChI is InChI=1S/C16H16ClFO/c1-10-6-13(9-14(18)7-10)16(17)12-4-5-15(19-3)11(2)8-12/h4-9,16H,1-3H3. The van der Waals surface area contributed by atoms with Crippen LogP contribution in [0.15, 0.2) is 36.4 Å². The first-order chi connectivity index (χ1) is 9.01. The molecule has 0 aliphatic heterocycles. The molecule has 3 heteroatoms. The second-order valence-corrected chi connectivity index (χ2v) is 5.09. The van der Waals surface area contributed by atoms with E-state index in [1.807, 2.05) is 38.1 Å². The summed E-state index contributed by atoms with van der Waals surface area (Å²) in [6.45, 7) is 3.82. The minimum absolute atomic E-state index is 0.258. The molecule has 1 nitrogen and oxygen atoms in total. The fraction of sp³-hybridized carbons (Fsp3) is 0.250. The molecule has 0 aromatic heterocycles. The van der Waals surface area contributed by atoms with E-state index in [2.05, 4.69) is 0 Å². The molecule has 1 atom stereocenters. The lowest BCUT2D eigenvalue weighted by atomic mass is 10.0. The highest BCUT2D eigenvalue weighted by Crippen LogP contribution is 2.32. The maximum atomic E-state index is 13.4. The number of benzene rings is 2. The van der Waals surface area contributed by atoms with E-state index in [-0.39, 0.29) is 11.2 Å². The van der Waals surface area contributed by atoms with Crippen LogP contribution in [0.3, 0.4) is 0 Å². The first kappa shape index (κ1) is 13.9. The molecule has 0 saturated heterocycles. The van der Waals surface area contributed by atoms with E-state index < -0.39 is 0 Å². The molecular weight excluding hydrogens is 263 g/mol.